The molecule has 0 radical (unpaired) electrons. The SMILES string of the molecule is CCCCCCC/C=C\CCCCCCCC(=O)OCCCCCCCCCCC/C=C\C/C=C\CCCCCCCCCCCCCCCCCC(=O)NC(CO)C(O)/C=C/CCCCCCCCCCCCCCCCC. The summed E-state index contributed by atoms with van der Waals surface area (Å²) in [5.41, 5.74) is 0. The predicted molar refractivity (Wildman–Crippen MR) is 347 cm³/mol. The molecule has 0 rings (SSSR count). The molecule has 3 N–H and O–H groups in total. The standard InChI is InChI=1S/C73H137NO5/c1-3-5-7-9-11-13-15-17-19-35-38-41-45-49-53-57-61-65-71(76)70(69-75)74-72(77)66-62-58-54-50-46-42-39-36-33-31-29-27-25-23-21-20-22-24-26-28-30-32-34-37-40-44-48-52-56-60-64-68-79-73(78)67-63-59-55-51-47-43-18-16-14-12-10-8-6-4-2/h16,18,22,24,28,30,61,65,70-71,75-76H,3-15,17,19-21,23,25-27,29,31-60,62-64,66-69H2,1-2H3,(H,74,77)/b18-16-,24-22-,30-28-,65-61+. The number of unbranched alkanes of at least 4 members (excludes halogenated alkanes) is 49. The smallest absolute Gasteiger partial charge is 0.305 e. The Labute approximate surface area is 493 Å². The molecule has 2 atom stereocenters. The zero-order chi connectivity index (χ0) is 57.1. The van der Waals surface area contributed by atoms with Crippen LogP contribution in [0.1, 0.15) is 380 Å². The number of rotatable bonds is 66. The van der Waals surface area contributed by atoms with E-state index in [1.165, 1.54) is 302 Å². The Kier molecular flexibility index (Phi) is 66.4. The van der Waals surface area contributed by atoms with E-state index in [0.717, 1.165) is 51.4 Å². The summed E-state index contributed by atoms with van der Waals surface area (Å²) >= 11 is 0. The summed E-state index contributed by atoms with van der Waals surface area (Å²) in [5, 5.41) is 23.2. The van der Waals surface area contributed by atoms with Gasteiger partial charge in [-0.15, -0.1) is 0 Å². The van der Waals surface area contributed by atoms with Crippen molar-refractivity contribution in [3.63, 3.8) is 0 Å². The Morgan fingerprint density at radius 1 is 0.354 bits per heavy atom. The van der Waals surface area contributed by atoms with E-state index in [1.54, 1.807) is 6.08 Å². The number of ether oxygens (including phenoxy) is 1. The Morgan fingerprint density at radius 2 is 0.633 bits per heavy atom. The van der Waals surface area contributed by atoms with Crippen molar-refractivity contribution in [2.24, 2.45) is 0 Å². The molecule has 0 spiro atoms. The highest BCUT2D eigenvalue weighted by atomic mass is 16.5. The van der Waals surface area contributed by atoms with Gasteiger partial charge in [-0.1, -0.05) is 326 Å². The fourth-order valence-electron chi connectivity index (χ4n) is 10.9. The predicted octanol–water partition coefficient (Wildman–Crippen LogP) is 22.9. The van der Waals surface area contributed by atoms with Crippen molar-refractivity contribution >= 4 is 11.9 Å². The van der Waals surface area contributed by atoms with Crippen molar-refractivity contribution in [2.75, 3.05) is 13.2 Å². The molecule has 1 amide bonds. The molecular weight excluding hydrogens is 971 g/mol. The lowest BCUT2D eigenvalue weighted by molar-refractivity contribution is -0.143. The average Bonchev–Trinajstić information content (AvgIpc) is 3.45. The van der Waals surface area contributed by atoms with Gasteiger partial charge >= 0.3 is 5.97 Å². The summed E-state index contributed by atoms with van der Waals surface area (Å²) in [5.74, 6) is -0.0607. The van der Waals surface area contributed by atoms with Gasteiger partial charge in [-0.25, -0.2) is 0 Å². The quantitative estimate of drug-likeness (QED) is 0.0320. The minimum absolute atomic E-state index is 0.00440. The molecule has 464 valence electrons. The van der Waals surface area contributed by atoms with Crippen molar-refractivity contribution in [1.82, 2.24) is 5.32 Å². The van der Waals surface area contributed by atoms with E-state index >= 15 is 0 Å². The van der Waals surface area contributed by atoms with Crippen molar-refractivity contribution < 1.29 is 24.5 Å². The number of amides is 1. The van der Waals surface area contributed by atoms with Crippen LogP contribution in [0.4, 0.5) is 0 Å². The first-order valence-electron chi connectivity index (χ1n) is 35.4. The number of aliphatic hydroxyl groups excluding tert-OH is 2. The highest BCUT2D eigenvalue weighted by molar-refractivity contribution is 5.76. The van der Waals surface area contributed by atoms with E-state index in [0.29, 0.717) is 19.4 Å². The van der Waals surface area contributed by atoms with Gasteiger partial charge in [0.05, 0.1) is 25.4 Å². The molecule has 0 saturated carbocycles. The van der Waals surface area contributed by atoms with Gasteiger partial charge in [0.15, 0.2) is 0 Å². The number of carbonyl (C=O) groups is 2. The molecule has 0 aliphatic rings. The van der Waals surface area contributed by atoms with E-state index in [9.17, 15) is 19.8 Å². The number of nitrogens with one attached hydrogen (secondary N) is 1. The van der Waals surface area contributed by atoms with Crippen LogP contribution in [0.5, 0.6) is 0 Å². The maximum Gasteiger partial charge on any atom is 0.305 e. The zero-order valence-electron chi connectivity index (χ0n) is 53.1. The maximum atomic E-state index is 12.5. The fraction of sp³-hybridized carbons (Fsp3) is 0.863. The van der Waals surface area contributed by atoms with Crippen LogP contribution in [0.25, 0.3) is 0 Å². The lowest BCUT2D eigenvalue weighted by Crippen LogP contribution is -2.45. The monoisotopic (exact) mass is 1110 g/mol. The highest BCUT2D eigenvalue weighted by Crippen LogP contribution is 2.18. The second kappa shape index (κ2) is 68.3. The molecule has 0 aliphatic carbocycles. The van der Waals surface area contributed by atoms with Gasteiger partial charge in [-0.3, -0.25) is 9.59 Å². The molecular formula is C73H137NO5. The van der Waals surface area contributed by atoms with E-state index in [2.05, 4.69) is 55.6 Å². The molecule has 0 bridgehead atoms. The van der Waals surface area contributed by atoms with Gasteiger partial charge in [0.1, 0.15) is 0 Å². The minimum atomic E-state index is -0.845. The van der Waals surface area contributed by atoms with Crippen LogP contribution < -0.4 is 5.32 Å². The number of allylic oxidation sites excluding steroid dienone is 7. The van der Waals surface area contributed by atoms with Gasteiger partial charge in [0.25, 0.3) is 0 Å². The number of hydrogen-bond donors (Lipinski definition) is 3. The third-order valence-corrected chi connectivity index (χ3v) is 16.3. The molecule has 79 heavy (non-hydrogen) atoms. The second-order valence-corrected chi connectivity index (χ2v) is 24.2. The number of hydrogen-bond acceptors (Lipinski definition) is 5. The van der Waals surface area contributed by atoms with Crippen molar-refractivity contribution in [3.8, 4) is 0 Å². The Morgan fingerprint density at radius 3 is 0.975 bits per heavy atom. The third kappa shape index (κ3) is 64.8. The topological polar surface area (TPSA) is 95.9 Å². The van der Waals surface area contributed by atoms with E-state index in [4.69, 9.17) is 4.74 Å². The Balaban J connectivity index is 3.41. The molecule has 0 aliphatic heterocycles. The van der Waals surface area contributed by atoms with E-state index in [1.807, 2.05) is 6.08 Å². The number of carbonyl (C=O) groups excluding carboxylic acids is 2. The van der Waals surface area contributed by atoms with Crippen LogP contribution in [0.15, 0.2) is 48.6 Å². The molecule has 6 nitrogen and oxygen atoms in total. The molecule has 0 heterocycles. The molecule has 2 unspecified atom stereocenters. The summed E-state index contributed by atoms with van der Waals surface area (Å²) in [6, 6.07) is -0.628. The van der Waals surface area contributed by atoms with Crippen molar-refractivity contribution in [3.05, 3.63) is 48.6 Å². The summed E-state index contributed by atoms with van der Waals surface area (Å²) in [6.07, 6.45) is 89.0. The van der Waals surface area contributed by atoms with Gasteiger partial charge < -0.3 is 20.3 Å². The van der Waals surface area contributed by atoms with Gasteiger partial charge in [-0.2, -0.15) is 0 Å². The van der Waals surface area contributed by atoms with Gasteiger partial charge in [-0.05, 0) is 89.9 Å². The number of aliphatic hydroxyl groups is 2. The van der Waals surface area contributed by atoms with Crippen LogP contribution in [0.3, 0.4) is 0 Å². The van der Waals surface area contributed by atoms with Gasteiger partial charge in [0.2, 0.25) is 5.91 Å². The fourth-order valence-corrected chi connectivity index (χ4v) is 10.9. The Bertz CT molecular complexity index is 1320. The molecule has 0 aromatic rings. The van der Waals surface area contributed by atoms with E-state index < -0.39 is 12.1 Å². The molecule has 6 heteroatoms. The first kappa shape index (κ1) is 76.8. The zero-order valence-corrected chi connectivity index (χ0v) is 53.1. The normalized spacial score (nSPS) is 12.8. The largest absolute Gasteiger partial charge is 0.466 e. The van der Waals surface area contributed by atoms with Crippen molar-refractivity contribution in [2.45, 2.75) is 392 Å². The second-order valence-electron chi connectivity index (χ2n) is 24.2. The Hall–Kier alpha value is -2.18. The van der Waals surface area contributed by atoms with Crippen LogP contribution in [0.2, 0.25) is 0 Å². The van der Waals surface area contributed by atoms with Crippen molar-refractivity contribution in [1.29, 1.82) is 0 Å². The first-order chi connectivity index (χ1) is 39.0. The molecule has 0 saturated heterocycles. The average molecular weight is 1110 g/mol. The van der Waals surface area contributed by atoms with Crippen LogP contribution in [-0.2, 0) is 14.3 Å². The lowest BCUT2D eigenvalue weighted by atomic mass is 10.0. The number of esters is 1. The first-order valence-corrected chi connectivity index (χ1v) is 35.4. The summed E-state index contributed by atoms with van der Waals surface area (Å²) < 4.78 is 5.48. The molecule has 0 fully saturated rings. The summed E-state index contributed by atoms with van der Waals surface area (Å²) in [4.78, 5) is 24.6. The maximum absolute atomic E-state index is 12.5. The molecule has 0 aromatic heterocycles. The third-order valence-electron chi connectivity index (χ3n) is 16.3. The minimum Gasteiger partial charge on any atom is -0.466 e. The van der Waals surface area contributed by atoms with Crippen LogP contribution >= 0.6 is 0 Å². The van der Waals surface area contributed by atoms with Crippen LogP contribution in [-0.4, -0.2) is 47.4 Å². The summed E-state index contributed by atoms with van der Waals surface area (Å²) in [7, 11) is 0. The summed E-state index contributed by atoms with van der Waals surface area (Å²) in [6.45, 7) is 4.91. The lowest BCUT2D eigenvalue weighted by Gasteiger charge is -2.20. The highest BCUT2D eigenvalue weighted by Gasteiger charge is 2.18. The van der Waals surface area contributed by atoms with E-state index in [-0.39, 0.29) is 18.5 Å². The van der Waals surface area contributed by atoms with Gasteiger partial charge in [0, 0.05) is 12.8 Å². The molecule has 0 aromatic carbocycles. The van der Waals surface area contributed by atoms with Crippen LogP contribution in [0, 0.1) is 0 Å².